The molecule has 0 spiro atoms. The summed E-state index contributed by atoms with van der Waals surface area (Å²) >= 11 is 0. The van der Waals surface area contributed by atoms with Crippen molar-refractivity contribution in [3.05, 3.63) is 293 Å². The van der Waals surface area contributed by atoms with Gasteiger partial charge in [0, 0.05) is 117 Å². The van der Waals surface area contributed by atoms with E-state index in [9.17, 15) is 0 Å². The number of para-hydroxylation sites is 2. The Labute approximate surface area is 709 Å². The van der Waals surface area contributed by atoms with Crippen molar-refractivity contribution in [1.29, 1.82) is 0 Å². The summed E-state index contributed by atoms with van der Waals surface area (Å²) in [6.07, 6.45) is 0. The maximum Gasteiger partial charge on any atom is 0.252 e. The molecule has 0 unspecified atom stereocenters. The summed E-state index contributed by atoms with van der Waals surface area (Å²) in [6.45, 7) is 62.6. The highest BCUT2D eigenvalue weighted by atomic mass is 15.2. The Morgan fingerprint density at radius 1 is 0.235 bits per heavy atom. The SMILES string of the molecule is CC(C)(C)c1ccc2c(c1)c1cc(C(C)(C)C)ccc1n2-c1ccc2c(c1)N(c1ccccc1-c1ccccc1C(C)(C)C)c1cc(-c3ccccc3)cc3c1B2c1ccc(-n2c4ccc(C(C)(C)C)cc4c4cc(C(C)(C)C)ccc42)cc1N3c1c(-c2cc(C(C)(C)C)nc(C(C)(C)C)c2)cccc1-c1cc(C(C)(C)C)nc(C(C)(C)C)c1. The second kappa shape index (κ2) is 27.8. The second-order valence-electron chi connectivity index (χ2n) is 43.7. The van der Waals surface area contributed by atoms with E-state index in [1.165, 1.54) is 93.4 Å². The number of nitrogens with zero attached hydrogens (tertiary/aromatic N) is 6. The van der Waals surface area contributed by atoms with Crippen LogP contribution >= 0.6 is 0 Å². The van der Waals surface area contributed by atoms with Gasteiger partial charge in [-0.25, -0.2) is 0 Å². The largest absolute Gasteiger partial charge is 0.311 e. The molecule has 0 amide bonds. The molecule has 0 N–H and O–H groups in total. The predicted molar refractivity (Wildman–Crippen MR) is 515 cm³/mol. The predicted octanol–water partition coefficient (Wildman–Crippen LogP) is 29.1. The molecule has 17 rings (SSSR count). The van der Waals surface area contributed by atoms with Gasteiger partial charge in [0.25, 0.3) is 6.71 Å². The van der Waals surface area contributed by atoms with Crippen molar-refractivity contribution >= 4 is 101 Å². The molecule has 0 radical (unpaired) electrons. The summed E-state index contributed by atoms with van der Waals surface area (Å²) < 4.78 is 5.14. The van der Waals surface area contributed by atoms with Crippen LogP contribution in [0, 0.1) is 0 Å². The van der Waals surface area contributed by atoms with Crippen molar-refractivity contribution in [1.82, 2.24) is 19.1 Å². The van der Waals surface area contributed by atoms with Crippen LogP contribution in [0.25, 0.3) is 99.5 Å². The van der Waals surface area contributed by atoms with Crippen molar-refractivity contribution in [3.8, 4) is 55.9 Å². The second-order valence-corrected chi connectivity index (χ2v) is 43.7. The van der Waals surface area contributed by atoms with Crippen LogP contribution in [0.3, 0.4) is 0 Å². The van der Waals surface area contributed by atoms with Crippen molar-refractivity contribution in [2.24, 2.45) is 0 Å². The first-order valence-corrected chi connectivity index (χ1v) is 43.4. The smallest absolute Gasteiger partial charge is 0.252 e. The summed E-state index contributed by atoms with van der Waals surface area (Å²) in [5.74, 6) is 0. The molecule has 0 atom stereocenters. The summed E-state index contributed by atoms with van der Waals surface area (Å²) in [5, 5.41) is 5.02. The zero-order valence-electron chi connectivity index (χ0n) is 75.9. The van der Waals surface area contributed by atoms with Gasteiger partial charge in [-0.15, -0.1) is 0 Å². The molecule has 2 aliphatic rings. The molecule has 7 heteroatoms. The Hall–Kier alpha value is -11.0. The van der Waals surface area contributed by atoms with Gasteiger partial charge < -0.3 is 18.9 Å². The van der Waals surface area contributed by atoms with Crippen LogP contribution in [0.2, 0.25) is 0 Å². The molecule has 2 aliphatic heterocycles. The summed E-state index contributed by atoms with van der Waals surface area (Å²) in [5.41, 5.74) is 35.4. The molecule has 11 aromatic carbocycles. The molecule has 4 aromatic heterocycles. The average molecular weight is 1560 g/mol. The van der Waals surface area contributed by atoms with E-state index in [-0.39, 0.29) is 55.4 Å². The number of pyridine rings is 2. The number of benzene rings is 11. The van der Waals surface area contributed by atoms with Crippen molar-refractivity contribution < 1.29 is 0 Å². The third-order valence-electron chi connectivity index (χ3n) is 25.4. The highest BCUT2D eigenvalue weighted by Gasteiger charge is 2.46. The fraction of sp³-hybridized carbons (Fsp3) is 0.321. The van der Waals surface area contributed by atoms with Gasteiger partial charge in [-0.3, -0.25) is 9.97 Å². The van der Waals surface area contributed by atoms with Gasteiger partial charge in [0.2, 0.25) is 0 Å². The van der Waals surface area contributed by atoms with Crippen LogP contribution in [0.15, 0.2) is 243 Å². The standard InChI is InChI=1S/C112H121BN6/c1-104(2,3)72-44-52-90-82(62-72)83-63-73(105(4,5)6)45-53-91(83)116(90)76-48-50-87-94(66-76)118(89-43-34-32-39-81(89)80-38-31-33-42-86(80)108(13,14)15)96-56-69(68-36-29-28-30-37-68)57-97-102(96)113(87)88-51-49-77(117-92-54-46-74(106(7,8)9)64-84(92)85-65-75(107(10,11)12)47-55-93(85)117)67-95(88)119(97)103-78(70-58-98(109(16,17)18)114-99(59-70)110(19,20)21)40-35-41-79(103)71-60-100(111(22,23)24)115-101(61-71)112(25,26)27/h28-67H,1-27H3. The molecule has 0 saturated carbocycles. The van der Waals surface area contributed by atoms with E-state index >= 15 is 0 Å². The Bertz CT molecular complexity index is 6310. The zero-order chi connectivity index (χ0) is 84.9. The van der Waals surface area contributed by atoms with E-state index in [1.807, 2.05) is 0 Å². The fourth-order valence-electron chi connectivity index (χ4n) is 18.4. The quantitative estimate of drug-likeness (QED) is 0.142. The van der Waals surface area contributed by atoms with Gasteiger partial charge >= 0.3 is 0 Å². The van der Waals surface area contributed by atoms with Gasteiger partial charge in [-0.05, 0) is 214 Å². The summed E-state index contributed by atoms with van der Waals surface area (Å²) in [4.78, 5) is 16.7. The van der Waals surface area contributed by atoms with E-state index in [0.29, 0.717) is 0 Å². The van der Waals surface area contributed by atoms with Crippen LogP contribution in [-0.4, -0.2) is 25.8 Å². The first-order valence-electron chi connectivity index (χ1n) is 43.4. The number of anilines is 6. The van der Waals surface area contributed by atoms with Gasteiger partial charge in [0.05, 0.1) is 33.4 Å². The molecule has 0 bridgehead atoms. The van der Waals surface area contributed by atoms with E-state index < -0.39 is 0 Å². The van der Waals surface area contributed by atoms with Crippen molar-refractivity contribution in [2.75, 3.05) is 9.80 Å². The molecule has 6 nitrogen and oxygen atoms in total. The molecule has 6 heterocycles. The Balaban J connectivity index is 1.07. The van der Waals surface area contributed by atoms with E-state index in [1.54, 1.807) is 0 Å². The van der Waals surface area contributed by atoms with Crippen LogP contribution in [-0.2, 0) is 48.7 Å². The summed E-state index contributed by atoms with van der Waals surface area (Å²) in [6, 6.07) is 95.7. The van der Waals surface area contributed by atoms with Crippen LogP contribution < -0.4 is 26.2 Å². The van der Waals surface area contributed by atoms with Gasteiger partial charge in [0.1, 0.15) is 0 Å². The number of aromatic nitrogens is 4. The fourth-order valence-corrected chi connectivity index (χ4v) is 18.4. The van der Waals surface area contributed by atoms with Gasteiger partial charge in [0.15, 0.2) is 0 Å². The lowest BCUT2D eigenvalue weighted by Gasteiger charge is -2.46. The van der Waals surface area contributed by atoms with Crippen molar-refractivity contribution in [2.45, 2.75) is 236 Å². The first-order chi connectivity index (χ1) is 55.7. The van der Waals surface area contributed by atoms with Gasteiger partial charge in [-0.2, -0.15) is 0 Å². The minimum Gasteiger partial charge on any atom is -0.311 e. The third kappa shape index (κ3) is 14.1. The van der Waals surface area contributed by atoms with Crippen LogP contribution in [0.4, 0.5) is 34.1 Å². The monoisotopic (exact) mass is 1560 g/mol. The molecule has 0 saturated heterocycles. The molecule has 602 valence electrons. The van der Waals surface area contributed by atoms with Crippen molar-refractivity contribution in [3.63, 3.8) is 0 Å². The number of hydrogen-bond donors (Lipinski definition) is 0. The maximum absolute atomic E-state index is 5.64. The minimum absolute atomic E-state index is 0.0678. The number of rotatable bonds is 8. The molecule has 119 heavy (non-hydrogen) atoms. The molecule has 15 aromatic rings. The molecule has 0 aliphatic carbocycles. The lowest BCUT2D eigenvalue weighted by molar-refractivity contribution is 0.531. The van der Waals surface area contributed by atoms with Gasteiger partial charge in [-0.1, -0.05) is 314 Å². The lowest BCUT2D eigenvalue weighted by atomic mass is 9.33. The normalized spacial score (nSPS) is 13.8. The zero-order valence-corrected chi connectivity index (χ0v) is 75.9. The highest BCUT2D eigenvalue weighted by Crippen LogP contribution is 2.55. The highest BCUT2D eigenvalue weighted by molar-refractivity contribution is 7.00. The van der Waals surface area contributed by atoms with Crippen LogP contribution in [0.5, 0.6) is 0 Å². The topological polar surface area (TPSA) is 42.1 Å². The number of fused-ring (bicyclic) bond motifs is 10. The molecule has 0 fully saturated rings. The van der Waals surface area contributed by atoms with E-state index in [4.69, 9.17) is 9.97 Å². The molecular weight excluding hydrogens is 1440 g/mol. The third-order valence-corrected chi connectivity index (χ3v) is 25.4. The van der Waals surface area contributed by atoms with E-state index in [0.717, 1.165) is 107 Å². The Morgan fingerprint density at radius 3 is 0.958 bits per heavy atom. The Morgan fingerprint density at radius 2 is 0.580 bits per heavy atom. The average Bonchev–Trinajstić information content (AvgIpc) is 0.913. The Kier molecular flexibility index (Phi) is 18.8. The lowest BCUT2D eigenvalue weighted by Crippen LogP contribution is -2.61. The first kappa shape index (κ1) is 80.4. The maximum atomic E-state index is 5.64. The molecular formula is C112H121BN6. The van der Waals surface area contributed by atoms with Crippen LogP contribution in [0.1, 0.15) is 238 Å². The summed E-state index contributed by atoms with van der Waals surface area (Å²) in [7, 11) is 0. The van der Waals surface area contributed by atoms with E-state index in [2.05, 4.69) is 449 Å². The number of hydrogen-bond acceptors (Lipinski definition) is 4. The minimum atomic E-state index is -0.291.